The van der Waals surface area contributed by atoms with Crippen LogP contribution in [0.3, 0.4) is 0 Å². The van der Waals surface area contributed by atoms with E-state index in [9.17, 15) is 4.79 Å². The molecule has 5 aromatic carbocycles. The normalized spacial score (nSPS) is 20.5. The summed E-state index contributed by atoms with van der Waals surface area (Å²) in [7, 11) is -1.15. The molecule has 9 rings (SSSR count). The molecule has 3 atom stereocenters. The van der Waals surface area contributed by atoms with Crippen molar-refractivity contribution < 1.29 is 18.7 Å². The predicted molar refractivity (Wildman–Crippen MR) is 203 cm³/mol. The molecule has 0 radical (unpaired) electrons. The standard InChI is InChI=1S/C42H40N4O4Si/c1-41(2,3)51(28-12-7-5-8-13-28,29-14-9-6-10-15-29)50-37-25-49-38-31(37)16-11-17-35(38)43-39-30-20-18-26(22-36(30)45-46-39)33-24-42(33)32-23-27(48-4)19-21-34(32)44-40(42)47/h5-23,33,37H,24-25H2,1-4H3,(H,44,47)(H2,43,45,46)/t33-,37?,42-/m0/s1. The molecule has 8 nitrogen and oxygen atoms in total. The van der Waals surface area contributed by atoms with Gasteiger partial charge in [0.15, 0.2) is 5.82 Å². The minimum absolute atomic E-state index is 0.0537. The Morgan fingerprint density at radius 3 is 2.35 bits per heavy atom. The summed E-state index contributed by atoms with van der Waals surface area (Å²) in [6.07, 6.45) is 0.518. The third-order valence-corrected chi connectivity index (χ3v) is 16.1. The highest BCUT2D eigenvalue weighted by Crippen LogP contribution is 2.65. The number of rotatable bonds is 8. The van der Waals surface area contributed by atoms with Crippen molar-refractivity contribution in [1.29, 1.82) is 0 Å². The Morgan fingerprint density at radius 2 is 1.65 bits per heavy atom. The lowest BCUT2D eigenvalue weighted by Crippen LogP contribution is -2.67. The molecule has 3 aliphatic rings. The van der Waals surface area contributed by atoms with Crippen molar-refractivity contribution in [3.8, 4) is 11.5 Å². The van der Waals surface area contributed by atoms with E-state index in [1.807, 2.05) is 24.3 Å². The van der Waals surface area contributed by atoms with Crippen molar-refractivity contribution in [3.63, 3.8) is 0 Å². The molecule has 9 heteroatoms. The Hall–Kier alpha value is -5.38. The van der Waals surface area contributed by atoms with Gasteiger partial charge in [0.1, 0.15) is 24.2 Å². The molecular formula is C42H40N4O4Si. The molecule has 3 heterocycles. The Bertz CT molecular complexity index is 2260. The van der Waals surface area contributed by atoms with Crippen molar-refractivity contribution in [1.82, 2.24) is 10.2 Å². The van der Waals surface area contributed by atoms with Crippen LogP contribution in [0.15, 0.2) is 115 Å². The van der Waals surface area contributed by atoms with Gasteiger partial charge >= 0.3 is 0 Å². The van der Waals surface area contributed by atoms with Crippen molar-refractivity contribution in [3.05, 3.63) is 132 Å². The van der Waals surface area contributed by atoms with Crippen LogP contribution in [0.2, 0.25) is 5.04 Å². The molecule has 1 fully saturated rings. The van der Waals surface area contributed by atoms with E-state index < -0.39 is 13.7 Å². The molecule has 6 aromatic rings. The van der Waals surface area contributed by atoms with Crippen LogP contribution in [-0.4, -0.2) is 38.1 Å². The van der Waals surface area contributed by atoms with E-state index in [0.717, 1.165) is 56.9 Å². The van der Waals surface area contributed by atoms with Gasteiger partial charge in [0.25, 0.3) is 8.32 Å². The van der Waals surface area contributed by atoms with E-state index in [1.165, 1.54) is 10.4 Å². The summed E-state index contributed by atoms with van der Waals surface area (Å²) >= 11 is 0. The maximum Gasteiger partial charge on any atom is 0.262 e. The van der Waals surface area contributed by atoms with Crippen molar-refractivity contribution in [2.24, 2.45) is 0 Å². The first-order valence-corrected chi connectivity index (χ1v) is 19.4. The molecule has 0 bridgehead atoms. The Balaban J connectivity index is 1.01. The number of H-pyrrole nitrogens is 1. The monoisotopic (exact) mass is 692 g/mol. The van der Waals surface area contributed by atoms with E-state index >= 15 is 0 Å². The van der Waals surface area contributed by atoms with Crippen LogP contribution < -0.4 is 30.5 Å². The van der Waals surface area contributed by atoms with Crippen LogP contribution in [0.5, 0.6) is 11.5 Å². The number of ether oxygens (including phenoxy) is 2. The molecule has 3 N–H and O–H groups in total. The molecule has 2 aliphatic heterocycles. The lowest BCUT2D eigenvalue weighted by molar-refractivity contribution is -0.118. The number of hydrogen-bond donors (Lipinski definition) is 3. The number of carbonyl (C=O) groups is 1. The van der Waals surface area contributed by atoms with Crippen LogP contribution in [0, 0.1) is 0 Å². The van der Waals surface area contributed by atoms with E-state index in [4.69, 9.17) is 13.9 Å². The van der Waals surface area contributed by atoms with Crippen molar-refractivity contribution in [2.45, 2.75) is 49.7 Å². The molecule has 1 spiro atoms. The summed E-state index contributed by atoms with van der Waals surface area (Å²) in [6, 6.07) is 39.8. The fraction of sp³-hybridized carbons (Fsp3) is 0.238. The average Bonchev–Trinajstić information content (AvgIpc) is 3.42. The third-order valence-electron chi connectivity index (χ3n) is 11.1. The fourth-order valence-corrected chi connectivity index (χ4v) is 13.1. The van der Waals surface area contributed by atoms with Crippen LogP contribution in [0.25, 0.3) is 10.9 Å². The number of benzene rings is 5. The Kier molecular flexibility index (Phi) is 7.17. The van der Waals surface area contributed by atoms with Gasteiger partial charge in [0, 0.05) is 22.6 Å². The molecule has 1 amide bonds. The molecule has 0 saturated heterocycles. The largest absolute Gasteiger partial charge is 0.497 e. The highest BCUT2D eigenvalue weighted by Gasteiger charge is 2.65. The number of hydrogen-bond acceptors (Lipinski definition) is 6. The number of methoxy groups -OCH3 is 1. The van der Waals surface area contributed by atoms with Gasteiger partial charge in [-0.3, -0.25) is 9.89 Å². The summed E-state index contributed by atoms with van der Waals surface area (Å²) in [6.45, 7) is 7.31. The Morgan fingerprint density at radius 1 is 0.902 bits per heavy atom. The lowest BCUT2D eigenvalue weighted by Gasteiger charge is -2.44. The number of nitrogens with one attached hydrogen (secondary N) is 3. The first-order chi connectivity index (χ1) is 24.7. The van der Waals surface area contributed by atoms with E-state index in [1.54, 1.807) is 7.11 Å². The van der Waals surface area contributed by atoms with Gasteiger partial charge in [-0.2, -0.15) is 5.10 Å². The third kappa shape index (κ3) is 4.82. The number of aromatic nitrogens is 2. The number of para-hydroxylation sites is 1. The van der Waals surface area contributed by atoms with Crippen LogP contribution in [-0.2, 0) is 14.6 Å². The van der Waals surface area contributed by atoms with Gasteiger partial charge in [0.2, 0.25) is 5.91 Å². The molecule has 1 saturated carbocycles. The zero-order valence-electron chi connectivity index (χ0n) is 29.1. The van der Waals surface area contributed by atoms with Crippen LogP contribution in [0.1, 0.15) is 55.9 Å². The molecule has 1 aliphatic carbocycles. The van der Waals surface area contributed by atoms with E-state index in [-0.39, 0.29) is 23.0 Å². The zero-order valence-corrected chi connectivity index (χ0v) is 30.1. The van der Waals surface area contributed by atoms with Gasteiger partial charge in [-0.25, -0.2) is 0 Å². The SMILES string of the molecule is COc1ccc2c(c1)[C@]1(C[C@H]1c1ccc3c(Nc4cccc5c4OCC5O[Si](c4ccccc4)(c4ccccc4)C(C)(C)C)n[nH]c3c1)C(=O)N2. The van der Waals surface area contributed by atoms with Crippen molar-refractivity contribution >= 4 is 52.7 Å². The van der Waals surface area contributed by atoms with Crippen molar-refractivity contribution in [2.75, 3.05) is 24.4 Å². The van der Waals surface area contributed by atoms with E-state index in [0.29, 0.717) is 12.4 Å². The lowest BCUT2D eigenvalue weighted by atomic mass is 9.91. The first-order valence-electron chi connectivity index (χ1n) is 17.5. The summed E-state index contributed by atoms with van der Waals surface area (Å²) in [5, 5.41) is 17.8. The summed E-state index contributed by atoms with van der Waals surface area (Å²) in [5.74, 6) is 2.39. The van der Waals surface area contributed by atoms with Gasteiger partial charge in [-0.15, -0.1) is 0 Å². The number of fused-ring (bicyclic) bond motifs is 4. The quantitative estimate of drug-likeness (QED) is 0.142. The smallest absolute Gasteiger partial charge is 0.262 e. The summed E-state index contributed by atoms with van der Waals surface area (Å²) < 4.78 is 19.4. The summed E-state index contributed by atoms with van der Waals surface area (Å²) in [5.41, 5.74) is 5.20. The second-order valence-corrected chi connectivity index (χ2v) is 19.2. The molecule has 51 heavy (non-hydrogen) atoms. The second kappa shape index (κ2) is 11.6. The van der Waals surface area contributed by atoms with Gasteiger partial charge in [-0.05, 0) is 69.4 Å². The molecule has 1 aromatic heterocycles. The molecular weight excluding hydrogens is 653 g/mol. The Labute approximate surface area is 298 Å². The fourth-order valence-electron chi connectivity index (χ4n) is 8.49. The number of aromatic amines is 1. The highest BCUT2D eigenvalue weighted by molar-refractivity contribution is 6.99. The maximum absolute atomic E-state index is 13.3. The first kappa shape index (κ1) is 31.6. The zero-order chi connectivity index (χ0) is 35.0. The maximum atomic E-state index is 13.3. The van der Waals surface area contributed by atoms with Crippen LogP contribution in [0.4, 0.5) is 17.2 Å². The second-order valence-electron chi connectivity index (χ2n) is 14.9. The minimum atomic E-state index is -2.80. The average molecular weight is 693 g/mol. The molecule has 1 unspecified atom stereocenters. The minimum Gasteiger partial charge on any atom is -0.497 e. The summed E-state index contributed by atoms with van der Waals surface area (Å²) in [4.78, 5) is 13.3. The van der Waals surface area contributed by atoms with E-state index in [2.05, 4.69) is 133 Å². The number of carbonyl (C=O) groups excluding carboxylic acids is 1. The number of anilines is 3. The topological polar surface area (TPSA) is 97.5 Å². The molecule has 256 valence electrons. The van der Waals surface area contributed by atoms with Gasteiger partial charge in [0.05, 0.1) is 23.7 Å². The van der Waals surface area contributed by atoms with Crippen LogP contribution >= 0.6 is 0 Å². The van der Waals surface area contributed by atoms with Gasteiger partial charge in [-0.1, -0.05) is 99.6 Å². The predicted octanol–water partition coefficient (Wildman–Crippen LogP) is 7.70. The highest BCUT2D eigenvalue weighted by atomic mass is 28.4. The number of amides is 1. The number of nitrogens with zero attached hydrogens (tertiary/aromatic N) is 1. The van der Waals surface area contributed by atoms with Gasteiger partial charge < -0.3 is 24.5 Å².